The molecule has 0 N–H and O–H groups in total. The zero-order valence-corrected chi connectivity index (χ0v) is 11.8. The minimum Gasteiger partial charge on any atom is -0.278 e. The number of hydrogen-bond acceptors (Lipinski definition) is 3. The van der Waals surface area contributed by atoms with Gasteiger partial charge in [-0.05, 0) is 19.1 Å². The Morgan fingerprint density at radius 2 is 2.11 bits per heavy atom. The molecule has 3 aromatic rings. The third-order valence-electron chi connectivity index (χ3n) is 2.65. The molecule has 3 rings (SSSR count). The Labute approximate surface area is 117 Å². The minimum absolute atomic E-state index is 0.347. The van der Waals surface area contributed by atoms with E-state index in [4.69, 9.17) is 11.6 Å². The Morgan fingerprint density at radius 3 is 2.94 bits per heavy atom. The van der Waals surface area contributed by atoms with Gasteiger partial charge in [-0.3, -0.25) is 4.40 Å². The van der Waals surface area contributed by atoms with Crippen LogP contribution < -0.4 is 0 Å². The fraction of sp³-hybridized carbons (Fsp3) is 0.0833. The molecule has 6 heteroatoms. The molecule has 0 aliphatic rings. The Hall–Kier alpha value is -1.46. The number of fused-ring (bicyclic) bond motifs is 1. The van der Waals surface area contributed by atoms with Crippen LogP contribution in [-0.2, 0) is 0 Å². The van der Waals surface area contributed by atoms with Crippen molar-refractivity contribution in [2.24, 2.45) is 0 Å². The van der Waals surface area contributed by atoms with Crippen molar-refractivity contribution in [1.29, 1.82) is 0 Å². The Kier molecular flexibility index (Phi) is 2.80. The van der Waals surface area contributed by atoms with Gasteiger partial charge in [0.1, 0.15) is 0 Å². The lowest BCUT2D eigenvalue weighted by atomic mass is 10.1. The van der Waals surface area contributed by atoms with Crippen molar-refractivity contribution in [2.75, 3.05) is 0 Å². The van der Waals surface area contributed by atoms with Gasteiger partial charge >= 0.3 is 0 Å². The van der Waals surface area contributed by atoms with E-state index in [0.29, 0.717) is 10.8 Å². The topological polar surface area (TPSA) is 43.1 Å². The normalized spacial score (nSPS) is 11.1. The second kappa shape index (κ2) is 4.33. The molecule has 4 nitrogen and oxygen atoms in total. The lowest BCUT2D eigenvalue weighted by Crippen LogP contribution is -1.92. The molecule has 90 valence electrons. The van der Waals surface area contributed by atoms with E-state index in [-0.39, 0.29) is 0 Å². The highest BCUT2D eigenvalue weighted by molar-refractivity contribution is 9.10. The van der Waals surface area contributed by atoms with Gasteiger partial charge in [-0.2, -0.15) is 0 Å². The van der Waals surface area contributed by atoms with E-state index >= 15 is 0 Å². The molecule has 0 saturated carbocycles. The summed E-state index contributed by atoms with van der Waals surface area (Å²) in [5.41, 5.74) is 2.69. The monoisotopic (exact) mass is 322 g/mol. The van der Waals surface area contributed by atoms with E-state index in [1.54, 1.807) is 12.4 Å². The lowest BCUT2D eigenvalue weighted by Gasteiger charge is -2.04. The molecule has 2 aromatic heterocycles. The maximum Gasteiger partial charge on any atom is 0.198 e. The van der Waals surface area contributed by atoms with Crippen LogP contribution in [0, 0.1) is 6.92 Å². The summed E-state index contributed by atoms with van der Waals surface area (Å²) in [4.78, 5) is 3.98. The van der Waals surface area contributed by atoms with Gasteiger partial charge in [-0.1, -0.05) is 39.2 Å². The van der Waals surface area contributed by atoms with Gasteiger partial charge in [-0.15, -0.1) is 10.2 Å². The Balaban J connectivity index is 2.32. The van der Waals surface area contributed by atoms with Gasteiger partial charge in [0.05, 0.1) is 0 Å². The smallest absolute Gasteiger partial charge is 0.198 e. The standard InChI is InChI=1S/C12H8BrClN4/c1-7-2-3-9(13)8(6-7)11-16-17-12-10(14)15-4-5-18(11)12/h2-6H,1H3. The van der Waals surface area contributed by atoms with Crippen molar-refractivity contribution in [3.05, 3.63) is 45.8 Å². The fourth-order valence-corrected chi connectivity index (χ4v) is 2.40. The SMILES string of the molecule is Cc1ccc(Br)c(-c2nnc3c(Cl)nccn23)c1. The highest BCUT2D eigenvalue weighted by Crippen LogP contribution is 2.28. The lowest BCUT2D eigenvalue weighted by molar-refractivity contribution is 1.11. The number of aromatic nitrogens is 4. The molecule has 0 radical (unpaired) electrons. The van der Waals surface area contributed by atoms with E-state index in [1.807, 2.05) is 23.5 Å². The molecule has 0 fully saturated rings. The van der Waals surface area contributed by atoms with Crippen LogP contribution in [0.5, 0.6) is 0 Å². The third-order valence-corrected chi connectivity index (χ3v) is 3.60. The van der Waals surface area contributed by atoms with E-state index in [0.717, 1.165) is 21.4 Å². The summed E-state index contributed by atoms with van der Waals surface area (Å²) >= 11 is 9.51. The highest BCUT2D eigenvalue weighted by Gasteiger charge is 2.13. The maximum absolute atomic E-state index is 5.98. The van der Waals surface area contributed by atoms with E-state index in [9.17, 15) is 0 Å². The van der Waals surface area contributed by atoms with E-state index in [1.165, 1.54) is 0 Å². The van der Waals surface area contributed by atoms with Crippen LogP contribution in [0.15, 0.2) is 35.1 Å². The molecule has 0 amide bonds. The first kappa shape index (κ1) is 11.6. The van der Waals surface area contributed by atoms with Crippen LogP contribution in [0.25, 0.3) is 17.0 Å². The number of hydrogen-bond donors (Lipinski definition) is 0. The van der Waals surface area contributed by atoms with Crippen molar-refractivity contribution in [2.45, 2.75) is 6.92 Å². The zero-order chi connectivity index (χ0) is 12.7. The molecule has 0 saturated heterocycles. The molecule has 1 aromatic carbocycles. The number of aryl methyl sites for hydroxylation is 1. The van der Waals surface area contributed by atoms with E-state index in [2.05, 4.69) is 37.2 Å². The molecule has 0 bridgehead atoms. The number of halogens is 2. The number of rotatable bonds is 1. The van der Waals surface area contributed by atoms with Crippen LogP contribution in [0.1, 0.15) is 5.56 Å². The fourth-order valence-electron chi connectivity index (χ4n) is 1.79. The summed E-state index contributed by atoms with van der Waals surface area (Å²) < 4.78 is 2.80. The maximum atomic E-state index is 5.98. The van der Waals surface area contributed by atoms with E-state index < -0.39 is 0 Å². The van der Waals surface area contributed by atoms with Gasteiger partial charge in [-0.25, -0.2) is 4.98 Å². The summed E-state index contributed by atoms with van der Waals surface area (Å²) in [5, 5.41) is 8.60. The highest BCUT2D eigenvalue weighted by atomic mass is 79.9. The van der Waals surface area contributed by atoms with Crippen molar-refractivity contribution < 1.29 is 0 Å². The molecule has 0 spiro atoms. The van der Waals surface area contributed by atoms with Crippen LogP contribution in [0.2, 0.25) is 5.15 Å². The Morgan fingerprint density at radius 1 is 1.28 bits per heavy atom. The molecule has 0 aliphatic heterocycles. The van der Waals surface area contributed by atoms with Gasteiger partial charge in [0.25, 0.3) is 0 Å². The molecule has 0 atom stereocenters. The van der Waals surface area contributed by atoms with Crippen LogP contribution in [-0.4, -0.2) is 19.6 Å². The average Bonchev–Trinajstić information content (AvgIpc) is 2.77. The summed E-state index contributed by atoms with van der Waals surface area (Å²) in [6.45, 7) is 2.04. The predicted octanol–water partition coefficient (Wildman–Crippen LogP) is 3.52. The van der Waals surface area contributed by atoms with Gasteiger partial charge in [0.15, 0.2) is 16.6 Å². The van der Waals surface area contributed by atoms with Crippen LogP contribution in [0.4, 0.5) is 0 Å². The molecular weight excluding hydrogens is 316 g/mol. The van der Waals surface area contributed by atoms with Crippen molar-refractivity contribution in [1.82, 2.24) is 19.6 Å². The summed E-state index contributed by atoms with van der Waals surface area (Å²) in [6.07, 6.45) is 3.43. The van der Waals surface area contributed by atoms with Crippen molar-refractivity contribution in [3.8, 4) is 11.4 Å². The van der Waals surface area contributed by atoms with Crippen LogP contribution >= 0.6 is 27.5 Å². The molecular formula is C12H8BrClN4. The average molecular weight is 324 g/mol. The third kappa shape index (κ3) is 1.79. The molecule has 2 heterocycles. The van der Waals surface area contributed by atoms with Crippen molar-refractivity contribution in [3.63, 3.8) is 0 Å². The largest absolute Gasteiger partial charge is 0.278 e. The quantitative estimate of drug-likeness (QED) is 0.688. The second-order valence-electron chi connectivity index (χ2n) is 3.92. The van der Waals surface area contributed by atoms with Gasteiger partial charge in [0.2, 0.25) is 0 Å². The minimum atomic E-state index is 0.347. The van der Waals surface area contributed by atoms with Gasteiger partial charge in [0, 0.05) is 22.4 Å². The first-order valence-electron chi connectivity index (χ1n) is 5.28. The molecule has 0 unspecified atom stereocenters. The van der Waals surface area contributed by atoms with Crippen molar-refractivity contribution >= 4 is 33.2 Å². The summed E-state index contributed by atoms with van der Waals surface area (Å²) in [5.74, 6) is 0.741. The first-order valence-corrected chi connectivity index (χ1v) is 6.45. The summed E-state index contributed by atoms with van der Waals surface area (Å²) in [6, 6.07) is 6.08. The Bertz CT molecular complexity index is 738. The zero-order valence-electron chi connectivity index (χ0n) is 9.43. The molecule has 0 aliphatic carbocycles. The number of benzene rings is 1. The number of nitrogens with zero attached hydrogens (tertiary/aromatic N) is 4. The predicted molar refractivity (Wildman–Crippen MR) is 73.7 cm³/mol. The summed E-state index contributed by atoms with van der Waals surface area (Å²) in [7, 11) is 0. The first-order chi connectivity index (χ1) is 8.66. The molecule has 18 heavy (non-hydrogen) atoms. The van der Waals surface area contributed by atoms with Gasteiger partial charge < -0.3 is 0 Å². The second-order valence-corrected chi connectivity index (χ2v) is 5.13. The van der Waals surface area contributed by atoms with Crippen LogP contribution in [0.3, 0.4) is 0 Å².